The van der Waals surface area contributed by atoms with Crippen LogP contribution in [0, 0.1) is 5.41 Å². The van der Waals surface area contributed by atoms with E-state index in [4.69, 9.17) is 15.2 Å². The van der Waals surface area contributed by atoms with Crippen molar-refractivity contribution in [1.29, 1.82) is 0 Å². The minimum atomic E-state index is -5.10. The Labute approximate surface area is 260 Å². The number of ether oxygens (including phenoxy) is 2. The first-order valence-corrected chi connectivity index (χ1v) is 13.8. The summed E-state index contributed by atoms with van der Waals surface area (Å²) in [7, 11) is 2.05. The van der Waals surface area contributed by atoms with Gasteiger partial charge >= 0.3 is 12.3 Å². The molecule has 0 fully saturated rings. The highest BCUT2D eigenvalue weighted by Crippen LogP contribution is 2.42. The van der Waals surface area contributed by atoms with Gasteiger partial charge in [0, 0.05) is 43.9 Å². The van der Waals surface area contributed by atoms with Crippen molar-refractivity contribution in [1.82, 2.24) is 10.6 Å². The number of nitrogens with one attached hydrogen (secondary N) is 2. The van der Waals surface area contributed by atoms with Crippen molar-refractivity contribution in [2.75, 3.05) is 32.2 Å². The number of nitrogens with zero attached hydrogens (tertiary/aromatic N) is 1. The van der Waals surface area contributed by atoms with E-state index in [1.807, 2.05) is 24.3 Å². The summed E-state index contributed by atoms with van der Waals surface area (Å²) in [5, 5.41) is 15.6. The summed E-state index contributed by atoms with van der Waals surface area (Å²) < 4.78 is 51.9. The van der Waals surface area contributed by atoms with Gasteiger partial charge in [-0.2, -0.15) is 13.2 Å². The lowest BCUT2D eigenvalue weighted by Crippen LogP contribution is -2.57. The molecule has 3 rings (SSSR count). The van der Waals surface area contributed by atoms with Gasteiger partial charge in [-0.15, -0.1) is 12.4 Å². The molecule has 1 heterocycles. The number of aliphatic hydroxyl groups excluding tert-OH is 1. The number of methoxy groups -OCH3 is 2. The van der Waals surface area contributed by atoms with E-state index in [2.05, 4.69) is 10.6 Å². The van der Waals surface area contributed by atoms with Gasteiger partial charge in [0.05, 0.1) is 19.3 Å². The van der Waals surface area contributed by atoms with Crippen LogP contribution in [0.1, 0.15) is 37.8 Å². The highest BCUT2D eigenvalue weighted by Gasteiger charge is 2.62. The fraction of sp³-hybridized carbons (Fsp3) is 0.500. The van der Waals surface area contributed by atoms with Gasteiger partial charge in [0.1, 0.15) is 0 Å². The number of hydrogen-bond acceptors (Lipinski definition) is 7. The van der Waals surface area contributed by atoms with Gasteiger partial charge in [0.2, 0.25) is 5.91 Å². The molecular weight excluding hydrogens is 605 g/mol. The molecule has 2 aromatic carbocycles. The second kappa shape index (κ2) is 15.1. The van der Waals surface area contributed by atoms with E-state index in [9.17, 15) is 32.7 Å². The van der Waals surface area contributed by atoms with Crippen molar-refractivity contribution in [3.05, 3.63) is 65.7 Å². The predicted molar refractivity (Wildman–Crippen MR) is 160 cm³/mol. The summed E-state index contributed by atoms with van der Waals surface area (Å²) in [6.07, 6.45) is -6.46. The van der Waals surface area contributed by atoms with E-state index >= 15 is 0 Å². The minimum absolute atomic E-state index is 0. The largest absolute Gasteiger partial charge is 0.453 e. The average molecular weight is 645 g/mol. The molecule has 4 atom stereocenters. The molecule has 0 bridgehead atoms. The minimum Gasteiger partial charge on any atom is -0.453 e. The lowest BCUT2D eigenvalue weighted by molar-refractivity contribution is -0.265. The molecule has 244 valence electrons. The Morgan fingerprint density at radius 2 is 1.68 bits per heavy atom. The Bertz CT molecular complexity index is 1280. The number of benzene rings is 2. The van der Waals surface area contributed by atoms with Crippen LogP contribution in [0.3, 0.4) is 0 Å². The van der Waals surface area contributed by atoms with Crippen LogP contribution in [-0.4, -0.2) is 74.7 Å². The molecule has 0 aromatic heterocycles. The van der Waals surface area contributed by atoms with Crippen molar-refractivity contribution in [3.63, 3.8) is 0 Å². The molecule has 5 N–H and O–H groups in total. The second-order valence-electron chi connectivity index (χ2n) is 11.4. The van der Waals surface area contributed by atoms with Gasteiger partial charge in [0.15, 0.2) is 0 Å². The fourth-order valence-corrected chi connectivity index (χ4v) is 5.40. The zero-order valence-corrected chi connectivity index (χ0v) is 25.8. The van der Waals surface area contributed by atoms with Crippen LogP contribution in [0.4, 0.5) is 23.7 Å². The fourth-order valence-electron chi connectivity index (χ4n) is 5.40. The molecule has 1 unspecified atom stereocenters. The van der Waals surface area contributed by atoms with E-state index in [-0.39, 0.29) is 43.7 Å². The van der Waals surface area contributed by atoms with E-state index in [1.54, 1.807) is 18.7 Å². The topological polar surface area (TPSA) is 143 Å². The molecule has 0 saturated heterocycles. The summed E-state index contributed by atoms with van der Waals surface area (Å²) in [5.41, 5.74) is 3.38. The predicted octanol–water partition coefficient (Wildman–Crippen LogP) is 3.44. The highest BCUT2D eigenvalue weighted by atomic mass is 35.5. The van der Waals surface area contributed by atoms with E-state index in [0.717, 1.165) is 30.5 Å². The number of halogens is 4. The normalized spacial score (nSPS) is 17.7. The summed E-state index contributed by atoms with van der Waals surface area (Å²) in [4.78, 5) is 39.8. The number of alkyl halides is 3. The maximum Gasteiger partial charge on any atom is 0.430 e. The SMILES string of the molecule is COC(=O)NC1Cc2ccccc2N(C(=O)CC(C)(C)C[C@H](N)[C@@H](O)CNC(=O)[C@](OC)(c2ccccc2)C(F)(F)F)C1.Cl. The first kappa shape index (κ1) is 36.8. The smallest absolute Gasteiger partial charge is 0.430 e. The maximum atomic E-state index is 14.2. The average Bonchev–Trinajstić information content (AvgIpc) is 2.95. The van der Waals surface area contributed by atoms with Crippen molar-refractivity contribution in [3.8, 4) is 0 Å². The van der Waals surface area contributed by atoms with E-state index in [1.165, 1.54) is 25.3 Å². The van der Waals surface area contributed by atoms with Crippen LogP contribution in [-0.2, 0) is 31.1 Å². The van der Waals surface area contributed by atoms with Crippen LogP contribution >= 0.6 is 12.4 Å². The van der Waals surface area contributed by atoms with Crippen molar-refractivity contribution in [2.45, 2.75) is 63.1 Å². The van der Waals surface area contributed by atoms with Crippen molar-refractivity contribution in [2.24, 2.45) is 11.1 Å². The number of nitrogens with two attached hydrogens (primary N) is 1. The third-order valence-electron chi connectivity index (χ3n) is 7.55. The number of rotatable bonds is 11. The van der Waals surface area contributed by atoms with Gasteiger partial charge < -0.3 is 35.8 Å². The number of amides is 3. The molecule has 0 radical (unpaired) electrons. The Kier molecular flexibility index (Phi) is 12.6. The zero-order chi connectivity index (χ0) is 32.0. The Hall–Kier alpha value is -3.39. The van der Waals surface area contributed by atoms with Crippen LogP contribution in [0.25, 0.3) is 0 Å². The number of carbonyl (C=O) groups is 3. The lowest BCUT2D eigenvalue weighted by Gasteiger charge is -2.37. The number of fused-ring (bicyclic) bond motifs is 1. The lowest BCUT2D eigenvalue weighted by atomic mass is 9.80. The molecule has 3 amide bonds. The van der Waals surface area contributed by atoms with Crippen LogP contribution in [0.15, 0.2) is 54.6 Å². The molecular formula is C30H40ClF3N4O6. The first-order valence-electron chi connectivity index (χ1n) is 13.8. The zero-order valence-electron chi connectivity index (χ0n) is 25.0. The number of anilines is 1. The standard InChI is InChI=1S/C30H39F3N4O6.ClH/c1-28(2,16-25(39)37-18-21(36-27(41)42-3)14-19-10-8-9-13-23(19)37)15-22(34)24(38)17-35-26(40)29(43-4,30(31,32)33)20-11-6-5-7-12-20;/h5-13,21-22,24,38H,14-18,34H2,1-4H3,(H,35,40)(H,36,41);1H/t21?,22-,24-,29+;/m0./s1. The highest BCUT2D eigenvalue weighted by molar-refractivity contribution is 5.95. The number of hydrogen-bond donors (Lipinski definition) is 4. The second-order valence-corrected chi connectivity index (χ2v) is 11.4. The van der Waals surface area contributed by atoms with Gasteiger partial charge in [-0.05, 0) is 29.9 Å². The monoisotopic (exact) mass is 644 g/mol. The summed E-state index contributed by atoms with van der Waals surface area (Å²) in [6.45, 7) is 3.22. The Morgan fingerprint density at radius 3 is 2.27 bits per heavy atom. The third-order valence-corrected chi connectivity index (χ3v) is 7.55. The van der Waals surface area contributed by atoms with Crippen molar-refractivity contribution < 1.29 is 42.1 Å². The van der Waals surface area contributed by atoms with Gasteiger partial charge in [-0.25, -0.2) is 4.79 Å². The van der Waals surface area contributed by atoms with Crippen LogP contribution in [0.5, 0.6) is 0 Å². The molecule has 44 heavy (non-hydrogen) atoms. The number of alkyl carbamates (subject to hydrolysis) is 1. The molecule has 10 nitrogen and oxygen atoms in total. The van der Waals surface area contributed by atoms with Crippen LogP contribution < -0.4 is 21.3 Å². The van der Waals surface area contributed by atoms with Crippen molar-refractivity contribution >= 4 is 36.0 Å². The quantitative estimate of drug-likeness (QED) is 0.294. The van der Waals surface area contributed by atoms with E-state index in [0.29, 0.717) is 6.42 Å². The molecule has 14 heteroatoms. The number of carbonyl (C=O) groups excluding carboxylic acids is 3. The van der Waals surface area contributed by atoms with Gasteiger partial charge in [-0.1, -0.05) is 62.4 Å². The Morgan fingerprint density at radius 1 is 1.07 bits per heavy atom. The molecule has 0 aliphatic carbocycles. The molecule has 1 aliphatic rings. The summed E-state index contributed by atoms with van der Waals surface area (Å²) >= 11 is 0. The third kappa shape index (κ3) is 8.40. The summed E-state index contributed by atoms with van der Waals surface area (Å²) in [5.74, 6) is -1.73. The molecule has 0 spiro atoms. The number of aliphatic hydroxyl groups is 1. The first-order chi connectivity index (χ1) is 20.1. The van der Waals surface area contributed by atoms with E-state index < -0.39 is 53.4 Å². The van der Waals surface area contributed by atoms with Gasteiger partial charge in [-0.3, -0.25) is 9.59 Å². The maximum absolute atomic E-state index is 14.2. The van der Waals surface area contributed by atoms with Gasteiger partial charge in [0.25, 0.3) is 11.5 Å². The molecule has 2 aromatic rings. The summed E-state index contributed by atoms with van der Waals surface area (Å²) in [6, 6.07) is 12.5. The number of para-hydroxylation sites is 1. The Balaban J connectivity index is 0.00000675. The molecule has 0 saturated carbocycles. The molecule has 1 aliphatic heterocycles. The van der Waals surface area contributed by atoms with Crippen LogP contribution in [0.2, 0.25) is 0 Å².